The lowest BCUT2D eigenvalue weighted by atomic mass is 10.0. The van der Waals surface area contributed by atoms with Crippen molar-refractivity contribution in [1.82, 2.24) is 15.0 Å². The van der Waals surface area contributed by atoms with E-state index in [0.717, 1.165) is 34.4 Å². The molecule has 5 rings (SSSR count). The van der Waals surface area contributed by atoms with E-state index < -0.39 is 0 Å². The van der Waals surface area contributed by atoms with Gasteiger partial charge in [-0.25, -0.2) is 9.97 Å². The van der Waals surface area contributed by atoms with Crippen LogP contribution in [0.15, 0.2) is 77.1 Å². The van der Waals surface area contributed by atoms with Crippen molar-refractivity contribution in [1.29, 1.82) is 5.41 Å². The highest BCUT2D eigenvalue weighted by atomic mass is 16.4. The van der Waals surface area contributed by atoms with Gasteiger partial charge in [0.05, 0.1) is 17.8 Å². The minimum atomic E-state index is -0.305. The molecule has 1 amide bonds. The zero-order valence-electron chi connectivity index (χ0n) is 24.8. The maximum Gasteiger partial charge on any atom is 0.302 e. The minimum Gasteiger partial charge on any atom is -0.423 e. The number of rotatable bonds is 10. The first-order valence-corrected chi connectivity index (χ1v) is 13.8. The number of hydrogen-bond acceptors (Lipinski definition) is 10. The summed E-state index contributed by atoms with van der Waals surface area (Å²) >= 11 is 0. The first-order chi connectivity index (χ1) is 21.2. The SMILES string of the molecule is CC(=O)Nc1nc2cc(C(=N)c3c(N)ncnc3NC/C(=C/c3cccc(C)c3C=O)N(C)c3ccccc3C)ccc2o1. The first kappa shape index (κ1) is 29.6. The zero-order chi connectivity index (χ0) is 31.4. The standard InChI is InChI=1S/C33H32N8O3/c1-19-9-7-10-22(25(19)17-42)14-24(41(4)27-11-6-5-8-20(27)2)16-36-32-29(31(35)37-18-38-32)30(34)23-12-13-28-26(15-23)40-33(44-28)39-21(3)43/h5-15,17-18,34H,16H2,1-4H3,(H,39,40,43)(H3,35,36,37,38)/b24-14-,34-30?. The number of para-hydroxylation sites is 1. The molecular weight excluding hydrogens is 556 g/mol. The van der Waals surface area contributed by atoms with E-state index in [0.29, 0.717) is 33.6 Å². The molecule has 2 heterocycles. The number of carbonyl (C=O) groups is 2. The number of anilines is 4. The van der Waals surface area contributed by atoms with Crippen molar-refractivity contribution in [2.75, 3.05) is 34.9 Å². The third kappa shape index (κ3) is 6.16. The number of benzene rings is 3. The number of nitrogens with zero attached hydrogens (tertiary/aromatic N) is 4. The molecule has 0 aliphatic heterocycles. The van der Waals surface area contributed by atoms with Crippen LogP contribution in [-0.2, 0) is 4.79 Å². The molecule has 11 heteroatoms. The second kappa shape index (κ2) is 12.6. The zero-order valence-corrected chi connectivity index (χ0v) is 24.8. The Kier molecular flexibility index (Phi) is 8.47. The van der Waals surface area contributed by atoms with E-state index in [1.165, 1.54) is 13.3 Å². The van der Waals surface area contributed by atoms with E-state index in [1.807, 2.05) is 69.4 Å². The molecule has 0 aliphatic carbocycles. The Labute approximate surface area is 254 Å². The van der Waals surface area contributed by atoms with Gasteiger partial charge in [-0.15, -0.1) is 0 Å². The highest BCUT2D eigenvalue weighted by molar-refractivity contribution is 6.17. The maximum absolute atomic E-state index is 12.0. The molecule has 3 aromatic carbocycles. The molecule has 0 bridgehead atoms. The van der Waals surface area contributed by atoms with Crippen LogP contribution in [0.5, 0.6) is 0 Å². The van der Waals surface area contributed by atoms with Gasteiger partial charge in [-0.1, -0.05) is 36.4 Å². The molecule has 11 nitrogen and oxygen atoms in total. The normalized spacial score (nSPS) is 11.3. The molecule has 0 aliphatic rings. The lowest BCUT2D eigenvalue weighted by molar-refractivity contribution is -0.114. The molecule has 2 aromatic heterocycles. The summed E-state index contributed by atoms with van der Waals surface area (Å²) in [7, 11) is 1.96. The first-order valence-electron chi connectivity index (χ1n) is 13.8. The van der Waals surface area contributed by atoms with Crippen LogP contribution in [0.3, 0.4) is 0 Å². The quantitative estimate of drug-likeness (QED) is 0.120. The highest BCUT2D eigenvalue weighted by Gasteiger charge is 2.19. The molecule has 0 spiro atoms. The fourth-order valence-corrected chi connectivity index (χ4v) is 4.92. The van der Waals surface area contributed by atoms with E-state index in [4.69, 9.17) is 15.6 Å². The van der Waals surface area contributed by atoms with Crippen molar-refractivity contribution in [2.24, 2.45) is 0 Å². The lowest BCUT2D eigenvalue weighted by Crippen LogP contribution is -2.24. The van der Waals surface area contributed by atoms with Gasteiger partial charge in [0, 0.05) is 36.5 Å². The number of nitrogens with one attached hydrogen (secondary N) is 3. The number of nitrogen functional groups attached to an aromatic ring is 1. The van der Waals surface area contributed by atoms with Crippen LogP contribution in [0.1, 0.15) is 45.1 Å². The summed E-state index contributed by atoms with van der Waals surface area (Å²) in [5.74, 6) is 0.192. The number of aryl methyl sites for hydroxylation is 2. The molecule has 44 heavy (non-hydrogen) atoms. The average Bonchev–Trinajstić information content (AvgIpc) is 3.40. The second-order valence-corrected chi connectivity index (χ2v) is 10.3. The van der Waals surface area contributed by atoms with Crippen LogP contribution in [-0.4, -0.2) is 46.4 Å². The molecule has 5 N–H and O–H groups in total. The van der Waals surface area contributed by atoms with Crippen LogP contribution in [0, 0.1) is 19.3 Å². The van der Waals surface area contributed by atoms with E-state index in [1.54, 1.807) is 18.2 Å². The van der Waals surface area contributed by atoms with E-state index in [9.17, 15) is 9.59 Å². The summed E-state index contributed by atoms with van der Waals surface area (Å²) in [5.41, 5.74) is 13.3. The molecule has 5 aromatic rings. The number of oxazole rings is 1. The maximum atomic E-state index is 12.0. The molecule has 0 unspecified atom stereocenters. The summed E-state index contributed by atoms with van der Waals surface area (Å²) in [6.07, 6.45) is 4.18. The summed E-state index contributed by atoms with van der Waals surface area (Å²) in [6, 6.07) is 18.9. The highest BCUT2D eigenvalue weighted by Crippen LogP contribution is 2.28. The third-order valence-electron chi connectivity index (χ3n) is 7.23. The van der Waals surface area contributed by atoms with Crippen molar-refractivity contribution in [3.8, 4) is 0 Å². The Morgan fingerprint density at radius 1 is 1.07 bits per heavy atom. The third-order valence-corrected chi connectivity index (χ3v) is 7.23. The molecule has 0 fully saturated rings. The average molecular weight is 589 g/mol. The largest absolute Gasteiger partial charge is 0.423 e. The topological polar surface area (TPSA) is 163 Å². The summed E-state index contributed by atoms with van der Waals surface area (Å²) in [4.78, 5) is 38.3. The van der Waals surface area contributed by atoms with Gasteiger partial charge in [0.25, 0.3) is 0 Å². The molecular formula is C33H32N8O3. The number of amides is 1. The van der Waals surface area contributed by atoms with Gasteiger partial charge in [-0.3, -0.25) is 20.3 Å². The molecule has 0 saturated heterocycles. The van der Waals surface area contributed by atoms with Gasteiger partial charge in [-0.2, -0.15) is 4.98 Å². The van der Waals surface area contributed by atoms with Crippen LogP contribution in [0.4, 0.5) is 23.3 Å². The van der Waals surface area contributed by atoms with Crippen molar-refractivity contribution in [3.05, 3.63) is 106 Å². The number of aromatic nitrogens is 3. The fourth-order valence-electron chi connectivity index (χ4n) is 4.92. The van der Waals surface area contributed by atoms with Crippen LogP contribution in [0.2, 0.25) is 0 Å². The lowest BCUT2D eigenvalue weighted by Gasteiger charge is -2.26. The Bertz CT molecular complexity index is 1930. The summed E-state index contributed by atoms with van der Waals surface area (Å²) in [6.45, 7) is 5.60. The van der Waals surface area contributed by atoms with Gasteiger partial charge in [0.15, 0.2) is 11.9 Å². The Morgan fingerprint density at radius 3 is 2.59 bits per heavy atom. The predicted molar refractivity (Wildman–Crippen MR) is 173 cm³/mol. The number of fused-ring (bicyclic) bond motifs is 1. The van der Waals surface area contributed by atoms with E-state index in [-0.39, 0.29) is 30.0 Å². The van der Waals surface area contributed by atoms with E-state index in [2.05, 4.69) is 30.5 Å². The molecule has 222 valence electrons. The van der Waals surface area contributed by atoms with Gasteiger partial charge in [0.2, 0.25) is 5.91 Å². The van der Waals surface area contributed by atoms with Gasteiger partial charge in [-0.05, 0) is 60.9 Å². The van der Waals surface area contributed by atoms with Gasteiger partial charge in [0.1, 0.15) is 23.5 Å². The van der Waals surface area contributed by atoms with E-state index >= 15 is 0 Å². The second-order valence-electron chi connectivity index (χ2n) is 10.3. The van der Waals surface area contributed by atoms with Crippen molar-refractivity contribution >= 4 is 58.4 Å². The molecule has 0 saturated carbocycles. The number of hydrogen-bond donors (Lipinski definition) is 4. The Morgan fingerprint density at radius 2 is 1.84 bits per heavy atom. The monoisotopic (exact) mass is 588 g/mol. The number of carbonyl (C=O) groups excluding carboxylic acids is 2. The smallest absolute Gasteiger partial charge is 0.302 e. The molecule has 0 radical (unpaired) electrons. The van der Waals surface area contributed by atoms with Gasteiger partial charge < -0.3 is 20.4 Å². The number of nitrogens with two attached hydrogens (primary N) is 1. The van der Waals surface area contributed by atoms with Crippen LogP contribution in [0.25, 0.3) is 17.2 Å². The van der Waals surface area contributed by atoms with Crippen molar-refractivity contribution in [3.63, 3.8) is 0 Å². The predicted octanol–water partition coefficient (Wildman–Crippen LogP) is 5.59. The Balaban J connectivity index is 1.50. The van der Waals surface area contributed by atoms with Crippen molar-refractivity contribution < 1.29 is 14.0 Å². The number of likely N-dealkylation sites (N-methyl/N-ethyl adjacent to an activating group) is 1. The summed E-state index contributed by atoms with van der Waals surface area (Å²) in [5, 5.41) is 14.9. The van der Waals surface area contributed by atoms with Crippen molar-refractivity contribution in [2.45, 2.75) is 20.8 Å². The molecule has 0 atom stereocenters. The fraction of sp³-hybridized carbons (Fsp3) is 0.152. The van der Waals surface area contributed by atoms with Gasteiger partial charge >= 0.3 is 6.01 Å². The van der Waals surface area contributed by atoms with Crippen LogP contribution < -0.4 is 21.3 Å². The Hall–Kier alpha value is -5.84. The number of aldehydes is 1. The van der Waals surface area contributed by atoms with Crippen LogP contribution >= 0.6 is 0 Å². The minimum absolute atomic E-state index is 0.0736. The summed E-state index contributed by atoms with van der Waals surface area (Å²) < 4.78 is 5.56.